The normalized spacial score (nSPS) is 15.7. The molecule has 3 rings (SSSR count). The van der Waals surface area contributed by atoms with Crippen molar-refractivity contribution in [3.63, 3.8) is 0 Å². The Balaban J connectivity index is 1.54. The number of halogens is 2. The molecule has 5 nitrogen and oxygen atoms in total. The fraction of sp³-hybridized carbons (Fsp3) is 0.263. The van der Waals surface area contributed by atoms with Crippen molar-refractivity contribution < 1.29 is 18.7 Å². The summed E-state index contributed by atoms with van der Waals surface area (Å²) in [7, 11) is 0. The molecule has 2 aromatic rings. The maximum atomic E-state index is 12.9. The van der Waals surface area contributed by atoms with E-state index in [-0.39, 0.29) is 5.91 Å². The van der Waals surface area contributed by atoms with Gasteiger partial charge in [0.05, 0.1) is 5.41 Å². The molecule has 0 aromatic heterocycles. The summed E-state index contributed by atoms with van der Waals surface area (Å²) in [5.41, 5.74) is 5.08. The summed E-state index contributed by atoms with van der Waals surface area (Å²) in [4.78, 5) is 24.6. The number of carbonyl (C=O) groups is 2. The Hall–Kier alpha value is -2.60. The topological polar surface area (TPSA) is 67.4 Å². The van der Waals surface area contributed by atoms with Crippen LogP contribution in [0.2, 0.25) is 5.02 Å². The third-order valence-electron chi connectivity index (χ3n) is 4.38. The second-order valence-electron chi connectivity index (χ2n) is 6.25. The highest BCUT2D eigenvalue weighted by Crippen LogP contribution is 2.48. The van der Waals surface area contributed by atoms with Crippen LogP contribution in [0, 0.1) is 5.82 Å². The summed E-state index contributed by atoms with van der Waals surface area (Å²) in [5.74, 6) is -0.810. The van der Waals surface area contributed by atoms with E-state index in [0.29, 0.717) is 23.6 Å². The lowest BCUT2D eigenvalue weighted by Crippen LogP contribution is -2.50. The van der Waals surface area contributed by atoms with Crippen molar-refractivity contribution in [2.45, 2.75) is 31.3 Å². The minimum atomic E-state index is -0.855. The number of carbonyl (C=O) groups excluding carboxylic acids is 2. The highest BCUT2D eigenvalue weighted by molar-refractivity contribution is 6.30. The lowest BCUT2D eigenvalue weighted by atomic mass is 9.95. The van der Waals surface area contributed by atoms with Crippen molar-refractivity contribution in [3.05, 3.63) is 64.9 Å². The summed E-state index contributed by atoms with van der Waals surface area (Å²) in [6.07, 6.45) is 0.557. The molecule has 136 valence electrons. The third-order valence-corrected chi connectivity index (χ3v) is 4.63. The smallest absolute Gasteiger partial charge is 0.279 e. The zero-order chi connectivity index (χ0) is 18.7. The number of ether oxygens (including phenoxy) is 1. The van der Waals surface area contributed by atoms with Gasteiger partial charge in [-0.25, -0.2) is 4.39 Å². The van der Waals surface area contributed by atoms with Gasteiger partial charge in [-0.2, -0.15) is 0 Å². The third kappa shape index (κ3) is 3.96. The second-order valence-corrected chi connectivity index (χ2v) is 6.68. The highest BCUT2D eigenvalue weighted by Gasteiger charge is 2.51. The molecule has 1 unspecified atom stereocenters. The number of rotatable bonds is 5. The fourth-order valence-corrected chi connectivity index (χ4v) is 2.78. The van der Waals surface area contributed by atoms with E-state index >= 15 is 0 Å². The molecule has 1 atom stereocenters. The van der Waals surface area contributed by atoms with Crippen LogP contribution in [0.15, 0.2) is 48.5 Å². The first-order valence-corrected chi connectivity index (χ1v) is 8.57. The quantitative estimate of drug-likeness (QED) is 0.788. The first kappa shape index (κ1) is 18.2. The van der Waals surface area contributed by atoms with Gasteiger partial charge in [-0.1, -0.05) is 23.7 Å². The van der Waals surface area contributed by atoms with Crippen molar-refractivity contribution in [3.8, 4) is 5.75 Å². The van der Waals surface area contributed by atoms with Crippen LogP contribution in [-0.4, -0.2) is 17.9 Å². The molecular weight excluding hydrogens is 359 g/mol. The van der Waals surface area contributed by atoms with E-state index in [1.807, 2.05) is 12.1 Å². The van der Waals surface area contributed by atoms with E-state index in [2.05, 4.69) is 10.9 Å². The standard InChI is InChI=1S/C19H18ClFN2O3/c1-12(26-16-8-6-15(21)7-9-16)17(24)22-23-18(25)19(10-11-19)13-2-4-14(20)5-3-13/h2-9,12H,10-11H2,1H3,(H,22,24)(H,23,25). The zero-order valence-electron chi connectivity index (χ0n) is 14.1. The van der Waals surface area contributed by atoms with Gasteiger partial charge in [0.2, 0.25) is 5.91 Å². The van der Waals surface area contributed by atoms with Gasteiger partial charge in [-0.3, -0.25) is 20.4 Å². The molecule has 0 heterocycles. The number of hydrazine groups is 1. The predicted octanol–water partition coefficient (Wildman–Crippen LogP) is 3.13. The Kier molecular flexibility index (Phi) is 5.13. The summed E-state index contributed by atoms with van der Waals surface area (Å²) in [6.45, 7) is 1.54. The van der Waals surface area contributed by atoms with Gasteiger partial charge in [-0.15, -0.1) is 0 Å². The molecule has 1 fully saturated rings. The molecule has 0 aliphatic heterocycles. The van der Waals surface area contributed by atoms with E-state index in [1.54, 1.807) is 12.1 Å². The fourth-order valence-electron chi connectivity index (χ4n) is 2.65. The maximum absolute atomic E-state index is 12.9. The van der Waals surface area contributed by atoms with Crippen LogP contribution >= 0.6 is 11.6 Å². The van der Waals surface area contributed by atoms with Crippen molar-refractivity contribution in [2.75, 3.05) is 0 Å². The Bertz CT molecular complexity index is 805. The van der Waals surface area contributed by atoms with Crippen molar-refractivity contribution in [2.24, 2.45) is 0 Å². The van der Waals surface area contributed by atoms with Crippen LogP contribution in [0.25, 0.3) is 0 Å². The minimum Gasteiger partial charge on any atom is -0.481 e. The average molecular weight is 377 g/mol. The Morgan fingerprint density at radius 3 is 2.27 bits per heavy atom. The molecule has 0 radical (unpaired) electrons. The van der Waals surface area contributed by atoms with Gasteiger partial charge in [0.25, 0.3) is 5.91 Å². The first-order valence-electron chi connectivity index (χ1n) is 8.19. The summed E-state index contributed by atoms with van der Waals surface area (Å²) in [5, 5.41) is 0.602. The van der Waals surface area contributed by atoms with Gasteiger partial charge in [-0.05, 0) is 61.7 Å². The Labute approximate surface area is 155 Å². The van der Waals surface area contributed by atoms with Gasteiger partial charge in [0.1, 0.15) is 11.6 Å². The number of amides is 2. The average Bonchev–Trinajstić information content (AvgIpc) is 3.43. The predicted molar refractivity (Wildman–Crippen MR) is 95.1 cm³/mol. The van der Waals surface area contributed by atoms with Gasteiger partial charge in [0.15, 0.2) is 6.10 Å². The molecule has 2 aromatic carbocycles. The molecule has 2 amide bonds. The summed E-state index contributed by atoms with van der Waals surface area (Å²) < 4.78 is 18.3. The lowest BCUT2D eigenvalue weighted by molar-refractivity contribution is -0.133. The monoisotopic (exact) mass is 376 g/mol. The van der Waals surface area contributed by atoms with Gasteiger partial charge >= 0.3 is 0 Å². The second kappa shape index (κ2) is 7.33. The van der Waals surface area contributed by atoms with Crippen LogP contribution in [0.3, 0.4) is 0 Å². The molecule has 1 aliphatic carbocycles. The molecule has 26 heavy (non-hydrogen) atoms. The van der Waals surface area contributed by atoms with Crippen molar-refractivity contribution in [1.29, 1.82) is 0 Å². The first-order chi connectivity index (χ1) is 12.4. The molecule has 0 saturated heterocycles. The van der Waals surface area contributed by atoms with Crippen molar-refractivity contribution in [1.82, 2.24) is 10.9 Å². The maximum Gasteiger partial charge on any atom is 0.279 e. The minimum absolute atomic E-state index is 0.276. The molecule has 2 N–H and O–H groups in total. The SMILES string of the molecule is CC(Oc1ccc(F)cc1)C(=O)NNC(=O)C1(c2ccc(Cl)cc2)CC1. The Morgan fingerprint density at radius 2 is 1.69 bits per heavy atom. The molecular formula is C19H18ClFN2O3. The van der Waals surface area contributed by atoms with E-state index in [4.69, 9.17) is 16.3 Å². The van der Waals surface area contributed by atoms with E-state index in [0.717, 1.165) is 5.56 Å². The van der Waals surface area contributed by atoms with Crippen molar-refractivity contribution >= 4 is 23.4 Å². The van der Waals surface area contributed by atoms with Crippen LogP contribution in [0.1, 0.15) is 25.3 Å². The molecule has 0 bridgehead atoms. The van der Waals surface area contributed by atoms with Crippen LogP contribution in [-0.2, 0) is 15.0 Å². The van der Waals surface area contributed by atoms with Gasteiger partial charge in [0, 0.05) is 5.02 Å². The van der Waals surface area contributed by atoms with E-state index in [1.165, 1.54) is 31.2 Å². The molecule has 7 heteroatoms. The largest absolute Gasteiger partial charge is 0.481 e. The molecule has 0 spiro atoms. The number of hydrogen-bond acceptors (Lipinski definition) is 3. The lowest BCUT2D eigenvalue weighted by Gasteiger charge is -2.18. The van der Waals surface area contributed by atoms with Crippen LogP contribution in [0.5, 0.6) is 5.75 Å². The van der Waals surface area contributed by atoms with Gasteiger partial charge < -0.3 is 4.74 Å². The van der Waals surface area contributed by atoms with Crippen LogP contribution < -0.4 is 15.6 Å². The number of benzene rings is 2. The molecule has 1 saturated carbocycles. The number of nitrogens with one attached hydrogen (secondary N) is 2. The summed E-state index contributed by atoms with van der Waals surface area (Å²) >= 11 is 5.88. The Morgan fingerprint density at radius 1 is 1.08 bits per heavy atom. The summed E-state index contributed by atoms with van der Waals surface area (Å²) in [6, 6.07) is 12.4. The van der Waals surface area contributed by atoms with E-state index < -0.39 is 23.2 Å². The highest BCUT2D eigenvalue weighted by atomic mass is 35.5. The van der Waals surface area contributed by atoms with Crippen LogP contribution in [0.4, 0.5) is 4.39 Å². The number of hydrogen-bond donors (Lipinski definition) is 2. The molecule has 1 aliphatic rings. The zero-order valence-corrected chi connectivity index (χ0v) is 14.8. The van der Waals surface area contributed by atoms with E-state index in [9.17, 15) is 14.0 Å².